The van der Waals surface area contributed by atoms with Gasteiger partial charge in [0.25, 0.3) is 0 Å². The van der Waals surface area contributed by atoms with Crippen LogP contribution in [0, 0.1) is 11.8 Å². The van der Waals surface area contributed by atoms with Crippen LogP contribution in [0.3, 0.4) is 0 Å². The lowest BCUT2D eigenvalue weighted by Crippen LogP contribution is -2.35. The van der Waals surface area contributed by atoms with Crippen LogP contribution in [0.5, 0.6) is 0 Å². The number of nitrogens with two attached hydrogens (primary N) is 1. The Morgan fingerprint density at radius 1 is 1.26 bits per heavy atom. The van der Waals surface area contributed by atoms with Crippen LogP contribution in [-0.4, -0.2) is 56.4 Å². The van der Waals surface area contributed by atoms with E-state index in [2.05, 4.69) is 0 Å². The molecule has 1 heterocycles. The maximum atomic E-state index is 11.9. The Kier molecular flexibility index (Phi) is 7.07. The summed E-state index contributed by atoms with van der Waals surface area (Å²) in [6.45, 7) is 5.52. The van der Waals surface area contributed by atoms with Gasteiger partial charge in [-0.3, -0.25) is 4.79 Å². The Morgan fingerprint density at radius 2 is 2.00 bits per heavy atom. The Labute approximate surface area is 121 Å². The lowest BCUT2D eigenvalue weighted by Gasteiger charge is -2.18. The molecule has 1 aliphatic carbocycles. The van der Waals surface area contributed by atoms with Crippen molar-refractivity contribution in [2.75, 3.05) is 39.5 Å². The molecule has 5 nitrogen and oxygen atoms in total. The van der Waals surface area contributed by atoms with Crippen LogP contribution < -0.4 is 5.73 Å². The summed E-state index contributed by atoms with van der Waals surface area (Å²) in [5.74, 6) is 1.22. The number of hydrogen-bond acceptors (Lipinski definition) is 4. The zero-order valence-corrected chi connectivity index (χ0v) is 12.4. The van der Waals surface area contributed by atoms with E-state index in [1.54, 1.807) is 0 Å². The van der Waals surface area contributed by atoms with Gasteiger partial charge in [-0.05, 0) is 31.6 Å². The third-order valence-corrected chi connectivity index (χ3v) is 4.07. The lowest BCUT2D eigenvalue weighted by molar-refractivity contribution is -0.135. The van der Waals surface area contributed by atoms with Gasteiger partial charge >= 0.3 is 0 Å². The largest absolute Gasteiger partial charge is 0.379 e. The highest BCUT2D eigenvalue weighted by Crippen LogP contribution is 2.36. The second-order valence-electron chi connectivity index (χ2n) is 5.21. The molecular weight excluding hydrogens is 268 g/mol. The molecule has 112 valence electrons. The smallest absolute Gasteiger partial charge is 0.248 e. The molecule has 1 saturated carbocycles. The van der Waals surface area contributed by atoms with Crippen LogP contribution >= 0.6 is 12.4 Å². The average Bonchev–Trinajstić information content (AvgIpc) is 2.92. The van der Waals surface area contributed by atoms with E-state index in [4.69, 9.17) is 15.2 Å². The number of nitrogens with zero attached hydrogens (tertiary/aromatic N) is 1. The van der Waals surface area contributed by atoms with Gasteiger partial charge in [0.1, 0.15) is 6.61 Å². The maximum Gasteiger partial charge on any atom is 0.248 e. The molecule has 1 saturated heterocycles. The van der Waals surface area contributed by atoms with Crippen molar-refractivity contribution in [2.24, 2.45) is 17.6 Å². The van der Waals surface area contributed by atoms with Crippen molar-refractivity contribution in [3.05, 3.63) is 0 Å². The van der Waals surface area contributed by atoms with Crippen molar-refractivity contribution in [1.82, 2.24) is 4.90 Å². The van der Waals surface area contributed by atoms with E-state index in [9.17, 15) is 4.79 Å². The normalized spacial score (nSPS) is 29.2. The highest BCUT2D eigenvalue weighted by molar-refractivity contribution is 5.85. The molecule has 0 aromatic heterocycles. The van der Waals surface area contributed by atoms with E-state index in [1.807, 2.05) is 11.8 Å². The zero-order valence-electron chi connectivity index (χ0n) is 11.5. The van der Waals surface area contributed by atoms with E-state index < -0.39 is 0 Å². The third-order valence-electron chi connectivity index (χ3n) is 4.07. The highest BCUT2D eigenvalue weighted by Gasteiger charge is 2.42. The first-order chi connectivity index (χ1) is 8.72. The van der Waals surface area contributed by atoms with E-state index >= 15 is 0 Å². The highest BCUT2D eigenvalue weighted by atomic mass is 35.5. The van der Waals surface area contributed by atoms with Crippen molar-refractivity contribution < 1.29 is 14.3 Å². The van der Waals surface area contributed by atoms with Gasteiger partial charge < -0.3 is 20.1 Å². The van der Waals surface area contributed by atoms with Crippen molar-refractivity contribution >= 4 is 18.3 Å². The molecule has 3 atom stereocenters. The van der Waals surface area contributed by atoms with Crippen molar-refractivity contribution in [3.8, 4) is 0 Å². The van der Waals surface area contributed by atoms with Crippen molar-refractivity contribution in [3.63, 3.8) is 0 Å². The van der Waals surface area contributed by atoms with Crippen molar-refractivity contribution in [2.45, 2.75) is 25.8 Å². The fourth-order valence-electron chi connectivity index (χ4n) is 3.02. The standard InChI is InChI=1S/C13H24N2O3.ClH/c1-2-17-5-6-18-9-13(16)15-7-10-3-4-12(14)11(10)8-15;/h10-12H,2-9,14H2,1H3;1H. The number of fused-ring (bicyclic) bond motifs is 1. The molecule has 1 aliphatic heterocycles. The Morgan fingerprint density at radius 3 is 2.68 bits per heavy atom. The molecule has 2 fully saturated rings. The molecule has 0 spiro atoms. The predicted octanol–water partition coefficient (Wildman–Crippen LogP) is 0.657. The fourth-order valence-corrected chi connectivity index (χ4v) is 3.02. The number of rotatable bonds is 6. The molecule has 3 unspecified atom stereocenters. The second-order valence-corrected chi connectivity index (χ2v) is 5.21. The summed E-state index contributed by atoms with van der Waals surface area (Å²) in [5.41, 5.74) is 6.05. The van der Waals surface area contributed by atoms with Crippen LogP contribution in [0.1, 0.15) is 19.8 Å². The minimum absolute atomic E-state index is 0. The number of halogens is 1. The van der Waals surface area contributed by atoms with Crippen LogP contribution in [-0.2, 0) is 14.3 Å². The summed E-state index contributed by atoms with van der Waals surface area (Å²) in [7, 11) is 0. The first-order valence-corrected chi connectivity index (χ1v) is 6.91. The summed E-state index contributed by atoms with van der Waals surface area (Å²) < 4.78 is 10.5. The van der Waals surface area contributed by atoms with Crippen LogP contribution in [0.4, 0.5) is 0 Å². The second kappa shape index (κ2) is 8.04. The number of carbonyl (C=O) groups excluding carboxylic acids is 1. The van der Waals surface area contributed by atoms with Crippen LogP contribution in [0.25, 0.3) is 0 Å². The molecule has 2 aliphatic rings. The van der Waals surface area contributed by atoms with Gasteiger partial charge in [-0.2, -0.15) is 0 Å². The van der Waals surface area contributed by atoms with Gasteiger partial charge in [-0.25, -0.2) is 0 Å². The average molecular weight is 293 g/mol. The maximum absolute atomic E-state index is 11.9. The van der Waals surface area contributed by atoms with Gasteiger partial charge in [0.15, 0.2) is 0 Å². The molecule has 19 heavy (non-hydrogen) atoms. The van der Waals surface area contributed by atoms with Crippen LogP contribution in [0.2, 0.25) is 0 Å². The van der Waals surface area contributed by atoms with E-state index in [1.165, 1.54) is 6.42 Å². The first kappa shape index (κ1) is 16.7. The number of carbonyl (C=O) groups is 1. The summed E-state index contributed by atoms with van der Waals surface area (Å²) in [6, 6.07) is 0.284. The third kappa shape index (κ3) is 4.31. The van der Waals surface area contributed by atoms with E-state index in [0.717, 1.165) is 19.5 Å². The number of amides is 1. The molecule has 0 aromatic carbocycles. The Balaban J connectivity index is 0.00000180. The molecule has 2 N–H and O–H groups in total. The first-order valence-electron chi connectivity index (χ1n) is 6.91. The molecule has 0 aromatic rings. The molecule has 0 bridgehead atoms. The topological polar surface area (TPSA) is 64.8 Å². The Hall–Kier alpha value is -0.360. The SMILES string of the molecule is CCOCCOCC(=O)N1CC2CCC(N)C2C1.Cl. The minimum Gasteiger partial charge on any atom is -0.379 e. The van der Waals surface area contributed by atoms with Gasteiger partial charge in [0.05, 0.1) is 13.2 Å². The summed E-state index contributed by atoms with van der Waals surface area (Å²) >= 11 is 0. The quantitative estimate of drug-likeness (QED) is 0.731. The number of ether oxygens (including phenoxy) is 2. The molecule has 0 radical (unpaired) electrons. The van der Waals surface area contributed by atoms with E-state index in [-0.39, 0.29) is 31.0 Å². The molecule has 2 rings (SSSR count). The summed E-state index contributed by atoms with van der Waals surface area (Å²) in [4.78, 5) is 13.8. The zero-order chi connectivity index (χ0) is 13.0. The van der Waals surface area contributed by atoms with Gasteiger partial charge in [-0.1, -0.05) is 0 Å². The predicted molar refractivity (Wildman–Crippen MR) is 75.3 cm³/mol. The number of likely N-dealkylation sites (tertiary alicyclic amines) is 1. The lowest BCUT2D eigenvalue weighted by atomic mass is 9.98. The monoisotopic (exact) mass is 292 g/mol. The summed E-state index contributed by atoms with van der Waals surface area (Å²) in [5, 5.41) is 0. The van der Waals surface area contributed by atoms with Crippen LogP contribution in [0.15, 0.2) is 0 Å². The molecule has 1 amide bonds. The van der Waals surface area contributed by atoms with Crippen molar-refractivity contribution in [1.29, 1.82) is 0 Å². The minimum atomic E-state index is 0. The molecular formula is C13H25ClN2O3. The van der Waals surface area contributed by atoms with Gasteiger partial charge in [0, 0.05) is 25.7 Å². The fraction of sp³-hybridized carbons (Fsp3) is 0.923. The summed E-state index contributed by atoms with van der Waals surface area (Å²) in [6.07, 6.45) is 2.28. The van der Waals surface area contributed by atoms with E-state index in [0.29, 0.717) is 31.7 Å². The molecule has 6 heteroatoms. The number of hydrogen-bond donors (Lipinski definition) is 1. The van der Waals surface area contributed by atoms with Gasteiger partial charge in [0.2, 0.25) is 5.91 Å². The Bertz CT molecular complexity index is 291. The van der Waals surface area contributed by atoms with Gasteiger partial charge in [-0.15, -0.1) is 12.4 Å².